The molecular weight excluding hydrogens is 330 g/mol. The minimum absolute atomic E-state index is 0.0252. The Morgan fingerprint density at radius 3 is 2.32 bits per heavy atom. The molecular formula is C20H33NO3Si. The zero-order valence-electron chi connectivity index (χ0n) is 16.4. The van der Waals surface area contributed by atoms with Gasteiger partial charge in [0.25, 0.3) is 0 Å². The molecule has 4 atom stereocenters. The van der Waals surface area contributed by atoms with Gasteiger partial charge in [0, 0.05) is 24.9 Å². The van der Waals surface area contributed by atoms with Gasteiger partial charge in [-0.15, -0.1) is 0 Å². The normalized spacial score (nSPS) is 24.4. The molecule has 0 saturated carbocycles. The summed E-state index contributed by atoms with van der Waals surface area (Å²) in [6.45, 7) is 14.5. The molecule has 25 heavy (non-hydrogen) atoms. The molecule has 0 amide bonds. The summed E-state index contributed by atoms with van der Waals surface area (Å²) >= 11 is 0. The highest BCUT2D eigenvalue weighted by Gasteiger charge is 2.45. The van der Waals surface area contributed by atoms with E-state index in [1.165, 1.54) is 5.56 Å². The van der Waals surface area contributed by atoms with E-state index in [1.807, 2.05) is 6.07 Å². The lowest BCUT2D eigenvalue weighted by Crippen LogP contribution is -2.43. The topological polar surface area (TPSA) is 49.8 Å². The standard InChI is InChI=1S/C20H33NO3Si/c1-14(19(22)23)21-12-16(15-10-8-7-9-11-15)17(13-21)18(20(2,3)4)24-25(5)6/h7-11,14,16-18,25H,12-13H2,1-6H3,(H,22,23)/t14?,16?,17?,18-/m1/s1. The Morgan fingerprint density at radius 1 is 1.24 bits per heavy atom. The van der Waals surface area contributed by atoms with Crippen LogP contribution in [-0.4, -0.2) is 50.3 Å². The molecule has 5 heteroatoms. The van der Waals surface area contributed by atoms with Gasteiger partial charge >= 0.3 is 5.97 Å². The lowest BCUT2D eigenvalue weighted by molar-refractivity contribution is -0.142. The van der Waals surface area contributed by atoms with Gasteiger partial charge in [-0.2, -0.15) is 0 Å². The van der Waals surface area contributed by atoms with Crippen molar-refractivity contribution in [3.63, 3.8) is 0 Å². The van der Waals surface area contributed by atoms with Crippen LogP contribution in [-0.2, 0) is 9.22 Å². The van der Waals surface area contributed by atoms with Gasteiger partial charge in [0.05, 0.1) is 6.10 Å². The van der Waals surface area contributed by atoms with E-state index < -0.39 is 21.1 Å². The first-order valence-electron chi connectivity index (χ1n) is 9.28. The third kappa shape index (κ3) is 4.93. The molecule has 2 rings (SSSR count). The molecule has 1 N–H and O–H groups in total. The summed E-state index contributed by atoms with van der Waals surface area (Å²) in [6.07, 6.45) is 0.135. The van der Waals surface area contributed by atoms with Gasteiger partial charge in [0.2, 0.25) is 0 Å². The first-order chi connectivity index (χ1) is 11.6. The maximum Gasteiger partial charge on any atom is 0.320 e. The van der Waals surface area contributed by atoms with E-state index in [1.54, 1.807) is 6.92 Å². The van der Waals surface area contributed by atoms with Crippen LogP contribution in [0.5, 0.6) is 0 Å². The number of benzene rings is 1. The van der Waals surface area contributed by atoms with Crippen LogP contribution in [0.1, 0.15) is 39.2 Å². The number of likely N-dealkylation sites (tertiary alicyclic amines) is 1. The molecule has 0 radical (unpaired) electrons. The molecule has 1 aliphatic heterocycles. The van der Waals surface area contributed by atoms with Gasteiger partial charge in [-0.1, -0.05) is 51.1 Å². The van der Waals surface area contributed by atoms with E-state index in [4.69, 9.17) is 4.43 Å². The molecule has 1 aliphatic rings. The molecule has 0 aliphatic carbocycles. The number of nitrogens with zero attached hydrogens (tertiary/aromatic N) is 1. The summed E-state index contributed by atoms with van der Waals surface area (Å²) in [5, 5.41) is 9.46. The van der Waals surface area contributed by atoms with Crippen LogP contribution in [0.3, 0.4) is 0 Å². The molecule has 1 heterocycles. The first-order valence-corrected chi connectivity index (χ1v) is 12.1. The number of carboxylic acid groups (broad SMARTS) is 1. The fourth-order valence-electron chi connectivity index (χ4n) is 3.93. The third-order valence-corrected chi connectivity index (χ3v) is 6.02. The number of rotatable bonds is 6. The number of hydrogen-bond donors (Lipinski definition) is 1. The summed E-state index contributed by atoms with van der Waals surface area (Å²) in [5.74, 6) is -0.141. The van der Waals surface area contributed by atoms with Crippen molar-refractivity contribution in [1.82, 2.24) is 4.90 Å². The smallest absolute Gasteiger partial charge is 0.320 e. The zero-order chi connectivity index (χ0) is 18.8. The van der Waals surface area contributed by atoms with Crippen molar-refractivity contribution in [2.24, 2.45) is 11.3 Å². The van der Waals surface area contributed by atoms with Crippen molar-refractivity contribution in [3.05, 3.63) is 35.9 Å². The van der Waals surface area contributed by atoms with Crippen LogP contribution in [0.4, 0.5) is 0 Å². The second-order valence-electron chi connectivity index (χ2n) is 8.62. The van der Waals surface area contributed by atoms with Crippen LogP contribution in [0.2, 0.25) is 13.1 Å². The molecule has 1 saturated heterocycles. The molecule has 1 fully saturated rings. The lowest BCUT2D eigenvalue weighted by atomic mass is 9.75. The number of hydrogen-bond acceptors (Lipinski definition) is 3. The quantitative estimate of drug-likeness (QED) is 0.785. The van der Waals surface area contributed by atoms with E-state index in [2.05, 4.69) is 63.0 Å². The van der Waals surface area contributed by atoms with Crippen molar-refractivity contribution >= 4 is 15.0 Å². The lowest BCUT2D eigenvalue weighted by Gasteiger charge is -2.39. The van der Waals surface area contributed by atoms with Gasteiger partial charge in [0.15, 0.2) is 9.04 Å². The van der Waals surface area contributed by atoms with Crippen LogP contribution < -0.4 is 0 Å². The van der Waals surface area contributed by atoms with Gasteiger partial charge in [-0.25, -0.2) is 0 Å². The van der Waals surface area contributed by atoms with E-state index in [-0.39, 0.29) is 11.5 Å². The molecule has 0 bridgehead atoms. The number of aliphatic carboxylic acids is 1. The van der Waals surface area contributed by atoms with E-state index in [0.717, 1.165) is 13.1 Å². The van der Waals surface area contributed by atoms with E-state index in [0.29, 0.717) is 11.8 Å². The van der Waals surface area contributed by atoms with Crippen molar-refractivity contribution in [2.45, 2.75) is 58.9 Å². The Balaban J connectivity index is 2.37. The Morgan fingerprint density at radius 2 is 1.84 bits per heavy atom. The van der Waals surface area contributed by atoms with Crippen LogP contribution in [0.25, 0.3) is 0 Å². The molecule has 0 aromatic heterocycles. The van der Waals surface area contributed by atoms with Gasteiger partial charge < -0.3 is 9.53 Å². The molecule has 1 aromatic rings. The van der Waals surface area contributed by atoms with Crippen LogP contribution in [0, 0.1) is 11.3 Å². The molecule has 4 nitrogen and oxygen atoms in total. The molecule has 1 aromatic carbocycles. The highest BCUT2D eigenvalue weighted by atomic mass is 28.3. The fraction of sp³-hybridized carbons (Fsp3) is 0.650. The predicted octanol–water partition coefficient (Wildman–Crippen LogP) is 3.59. The van der Waals surface area contributed by atoms with Crippen LogP contribution >= 0.6 is 0 Å². The average molecular weight is 364 g/mol. The predicted molar refractivity (Wildman–Crippen MR) is 105 cm³/mol. The maximum atomic E-state index is 11.5. The summed E-state index contributed by atoms with van der Waals surface area (Å²) < 4.78 is 6.50. The second-order valence-corrected chi connectivity index (χ2v) is 11.0. The summed E-state index contributed by atoms with van der Waals surface area (Å²) in [4.78, 5) is 13.6. The SMILES string of the molecule is CC(C(=O)O)N1CC(c2ccccc2)C([C@@H](O[SiH](C)C)C(C)(C)C)C1. The first kappa shape index (κ1) is 20.1. The summed E-state index contributed by atoms with van der Waals surface area (Å²) in [5.41, 5.74) is 1.31. The van der Waals surface area contributed by atoms with Crippen molar-refractivity contribution in [3.8, 4) is 0 Å². The Kier molecular flexibility index (Phi) is 6.46. The molecule has 0 spiro atoms. The Labute approximate surface area is 153 Å². The van der Waals surface area contributed by atoms with Gasteiger partial charge in [-0.05, 0) is 31.0 Å². The third-order valence-electron chi connectivity index (χ3n) is 5.19. The number of carboxylic acids is 1. The van der Waals surface area contributed by atoms with Crippen LogP contribution in [0.15, 0.2) is 30.3 Å². The van der Waals surface area contributed by atoms with Crippen molar-refractivity contribution < 1.29 is 14.3 Å². The van der Waals surface area contributed by atoms with Gasteiger partial charge in [0.1, 0.15) is 6.04 Å². The zero-order valence-corrected chi connectivity index (χ0v) is 17.6. The molecule has 3 unspecified atom stereocenters. The minimum Gasteiger partial charge on any atom is -0.480 e. The monoisotopic (exact) mass is 363 g/mol. The fourth-order valence-corrected chi connectivity index (χ4v) is 5.13. The largest absolute Gasteiger partial charge is 0.480 e. The maximum absolute atomic E-state index is 11.5. The van der Waals surface area contributed by atoms with E-state index in [9.17, 15) is 9.90 Å². The highest BCUT2D eigenvalue weighted by molar-refractivity contribution is 6.48. The Hall–Kier alpha value is -1.17. The number of carbonyl (C=O) groups is 1. The van der Waals surface area contributed by atoms with Crippen molar-refractivity contribution in [2.75, 3.05) is 13.1 Å². The van der Waals surface area contributed by atoms with E-state index >= 15 is 0 Å². The average Bonchev–Trinajstić information content (AvgIpc) is 2.96. The highest BCUT2D eigenvalue weighted by Crippen LogP contribution is 2.42. The van der Waals surface area contributed by atoms with Crippen molar-refractivity contribution in [1.29, 1.82) is 0 Å². The molecule has 140 valence electrons. The minimum atomic E-state index is -1.21. The summed E-state index contributed by atoms with van der Waals surface area (Å²) in [6, 6.07) is 10.0. The summed E-state index contributed by atoms with van der Waals surface area (Å²) in [7, 11) is -1.21. The van der Waals surface area contributed by atoms with Gasteiger partial charge in [-0.3, -0.25) is 9.69 Å². The second kappa shape index (κ2) is 8.02. The Bertz CT molecular complexity index is 570.